The number of anilines is 1. The molecule has 0 aliphatic rings. The first-order valence-corrected chi connectivity index (χ1v) is 10.9. The van der Waals surface area contributed by atoms with Gasteiger partial charge in [-0.2, -0.15) is 0 Å². The summed E-state index contributed by atoms with van der Waals surface area (Å²) in [5, 5.41) is 13.6. The number of amides is 1. The molecule has 0 aliphatic heterocycles. The van der Waals surface area contributed by atoms with Crippen molar-refractivity contribution in [1.82, 2.24) is 4.57 Å². The molecule has 0 saturated heterocycles. The number of phenolic OH excluding ortho intramolecular Hbond substituents is 1. The molecule has 0 atom stereocenters. The van der Waals surface area contributed by atoms with Crippen LogP contribution in [0.2, 0.25) is 0 Å². The third kappa shape index (κ3) is 5.10. The normalized spacial score (nSPS) is 10.9. The van der Waals surface area contributed by atoms with Crippen molar-refractivity contribution in [2.24, 2.45) is 0 Å². The summed E-state index contributed by atoms with van der Waals surface area (Å²) < 4.78 is 12.5. The number of esters is 1. The monoisotopic (exact) mass is 458 g/mol. The lowest BCUT2D eigenvalue weighted by atomic mass is 10.0. The van der Waals surface area contributed by atoms with E-state index in [0.29, 0.717) is 17.8 Å². The first kappa shape index (κ1) is 23.1. The van der Waals surface area contributed by atoms with E-state index in [-0.39, 0.29) is 24.9 Å². The van der Waals surface area contributed by atoms with Crippen LogP contribution in [0.3, 0.4) is 0 Å². The largest absolute Gasteiger partial charge is 0.506 e. The number of aryl methyl sites for hydroxylation is 1. The van der Waals surface area contributed by atoms with Crippen molar-refractivity contribution in [2.75, 3.05) is 25.6 Å². The van der Waals surface area contributed by atoms with Crippen molar-refractivity contribution in [3.05, 3.63) is 84.1 Å². The molecule has 0 saturated carbocycles. The molecule has 0 aliphatic carbocycles. The number of ether oxygens (including phenoxy) is 2. The number of hydrogen-bond acceptors (Lipinski definition) is 5. The second-order valence-corrected chi connectivity index (χ2v) is 7.95. The standard InChI is InChI=1S/C27H26N2O5/c1-18-8-11-23(25(30)14-18)28-26(31)17-34-13-12-29-16-22(19-6-4-3-5-7-19)21-10-9-20(15-24(21)29)27(32)33-2/h3-11,14-16,30H,12-13,17H2,1-2H3,(H,28,31). The van der Waals surface area contributed by atoms with Crippen LogP contribution in [0.1, 0.15) is 15.9 Å². The van der Waals surface area contributed by atoms with E-state index in [4.69, 9.17) is 9.47 Å². The lowest BCUT2D eigenvalue weighted by Gasteiger charge is -2.10. The number of methoxy groups -OCH3 is 1. The van der Waals surface area contributed by atoms with Gasteiger partial charge in [0.15, 0.2) is 0 Å². The lowest BCUT2D eigenvalue weighted by Crippen LogP contribution is -2.19. The predicted molar refractivity (Wildman–Crippen MR) is 131 cm³/mol. The molecule has 7 heteroatoms. The quantitative estimate of drug-likeness (QED) is 0.226. The first-order valence-electron chi connectivity index (χ1n) is 10.9. The highest BCUT2D eigenvalue weighted by molar-refractivity contribution is 6.00. The second kappa shape index (κ2) is 10.2. The van der Waals surface area contributed by atoms with Crippen LogP contribution in [0.5, 0.6) is 5.75 Å². The molecule has 3 aromatic carbocycles. The van der Waals surface area contributed by atoms with Crippen LogP contribution < -0.4 is 5.32 Å². The third-order valence-corrected chi connectivity index (χ3v) is 5.53. The number of nitrogens with one attached hydrogen (secondary N) is 1. The van der Waals surface area contributed by atoms with E-state index in [0.717, 1.165) is 27.6 Å². The Kier molecular flexibility index (Phi) is 6.94. The fourth-order valence-corrected chi connectivity index (χ4v) is 3.83. The molecule has 0 spiro atoms. The average Bonchev–Trinajstić information content (AvgIpc) is 3.21. The van der Waals surface area contributed by atoms with Gasteiger partial charge in [0, 0.05) is 29.2 Å². The number of fused-ring (bicyclic) bond motifs is 1. The van der Waals surface area contributed by atoms with Gasteiger partial charge in [-0.05, 0) is 42.3 Å². The summed E-state index contributed by atoms with van der Waals surface area (Å²) in [4.78, 5) is 24.3. The van der Waals surface area contributed by atoms with Crippen LogP contribution in [0.4, 0.5) is 5.69 Å². The summed E-state index contributed by atoms with van der Waals surface area (Å²) in [5.74, 6) is -0.736. The van der Waals surface area contributed by atoms with Crippen molar-refractivity contribution in [2.45, 2.75) is 13.5 Å². The predicted octanol–water partition coefficient (Wildman–Crippen LogP) is 4.76. The summed E-state index contributed by atoms with van der Waals surface area (Å²) in [6, 6.07) is 20.5. The van der Waals surface area contributed by atoms with Crippen molar-refractivity contribution in [1.29, 1.82) is 0 Å². The van der Waals surface area contributed by atoms with Gasteiger partial charge in [0.2, 0.25) is 5.91 Å². The highest BCUT2D eigenvalue weighted by Gasteiger charge is 2.14. The molecule has 0 bridgehead atoms. The molecule has 34 heavy (non-hydrogen) atoms. The summed E-state index contributed by atoms with van der Waals surface area (Å²) >= 11 is 0. The van der Waals surface area contributed by atoms with Crippen LogP contribution in [0.15, 0.2) is 72.9 Å². The summed E-state index contributed by atoms with van der Waals surface area (Å²) in [7, 11) is 1.36. The molecule has 1 amide bonds. The van der Waals surface area contributed by atoms with Gasteiger partial charge in [-0.25, -0.2) is 4.79 Å². The molecule has 7 nitrogen and oxygen atoms in total. The number of aromatic nitrogens is 1. The fraction of sp³-hybridized carbons (Fsp3) is 0.185. The minimum Gasteiger partial charge on any atom is -0.506 e. The second-order valence-electron chi connectivity index (χ2n) is 7.95. The summed E-state index contributed by atoms with van der Waals surface area (Å²) in [6.45, 7) is 2.48. The maximum atomic E-state index is 12.2. The zero-order chi connectivity index (χ0) is 24.1. The van der Waals surface area contributed by atoms with Crippen molar-refractivity contribution in [3.63, 3.8) is 0 Å². The zero-order valence-electron chi connectivity index (χ0n) is 19.1. The van der Waals surface area contributed by atoms with Crippen LogP contribution >= 0.6 is 0 Å². The maximum Gasteiger partial charge on any atom is 0.337 e. The Morgan fingerprint density at radius 2 is 1.82 bits per heavy atom. The van der Waals surface area contributed by atoms with Crippen LogP contribution in [0, 0.1) is 6.92 Å². The van der Waals surface area contributed by atoms with Gasteiger partial charge in [-0.3, -0.25) is 4.79 Å². The van der Waals surface area contributed by atoms with Crippen molar-refractivity contribution < 1.29 is 24.2 Å². The number of nitrogens with zero attached hydrogens (tertiary/aromatic N) is 1. The van der Waals surface area contributed by atoms with Crippen molar-refractivity contribution in [3.8, 4) is 16.9 Å². The molecule has 4 rings (SSSR count). The number of phenols is 1. The highest BCUT2D eigenvalue weighted by Crippen LogP contribution is 2.31. The highest BCUT2D eigenvalue weighted by atomic mass is 16.5. The van der Waals surface area contributed by atoms with Crippen LogP contribution in [-0.2, 0) is 20.8 Å². The van der Waals surface area contributed by atoms with Crippen LogP contribution in [-0.4, -0.2) is 41.9 Å². The lowest BCUT2D eigenvalue weighted by molar-refractivity contribution is -0.120. The van der Waals surface area contributed by atoms with E-state index >= 15 is 0 Å². The molecule has 1 aromatic heterocycles. The number of carbonyl (C=O) groups is 2. The Morgan fingerprint density at radius 1 is 1.03 bits per heavy atom. The van der Waals surface area contributed by atoms with E-state index in [1.54, 1.807) is 30.3 Å². The molecule has 0 unspecified atom stereocenters. The van der Waals surface area contributed by atoms with E-state index in [1.807, 2.05) is 54.1 Å². The van der Waals surface area contributed by atoms with Gasteiger partial charge < -0.3 is 24.5 Å². The molecule has 0 radical (unpaired) electrons. The Hall–Kier alpha value is -4.10. The topological polar surface area (TPSA) is 89.8 Å². The molecule has 4 aromatic rings. The smallest absolute Gasteiger partial charge is 0.337 e. The Bertz CT molecular complexity index is 1330. The zero-order valence-corrected chi connectivity index (χ0v) is 19.1. The van der Waals surface area contributed by atoms with Crippen LogP contribution in [0.25, 0.3) is 22.0 Å². The number of carbonyl (C=O) groups excluding carboxylic acids is 2. The number of benzene rings is 3. The van der Waals surface area contributed by atoms with Gasteiger partial charge in [0.1, 0.15) is 12.4 Å². The third-order valence-electron chi connectivity index (χ3n) is 5.53. The van der Waals surface area contributed by atoms with E-state index in [2.05, 4.69) is 5.32 Å². The van der Waals surface area contributed by atoms with Gasteiger partial charge in [0.25, 0.3) is 0 Å². The minimum absolute atomic E-state index is 0.0158. The Morgan fingerprint density at radius 3 is 2.56 bits per heavy atom. The van der Waals surface area contributed by atoms with E-state index in [1.165, 1.54) is 7.11 Å². The van der Waals surface area contributed by atoms with Gasteiger partial charge in [0.05, 0.1) is 25.0 Å². The molecular weight excluding hydrogens is 432 g/mol. The summed E-state index contributed by atoms with van der Waals surface area (Å²) in [6.07, 6.45) is 2.02. The Balaban J connectivity index is 1.47. The first-order chi connectivity index (χ1) is 16.5. The van der Waals surface area contributed by atoms with Gasteiger partial charge in [-0.15, -0.1) is 0 Å². The SMILES string of the molecule is COC(=O)c1ccc2c(-c3ccccc3)cn(CCOCC(=O)Nc3ccc(C)cc3O)c2c1. The molecule has 174 valence electrons. The van der Waals surface area contributed by atoms with E-state index in [9.17, 15) is 14.7 Å². The molecule has 0 fully saturated rings. The minimum atomic E-state index is -0.400. The average molecular weight is 459 g/mol. The fourth-order valence-electron chi connectivity index (χ4n) is 3.83. The van der Waals surface area contributed by atoms with Gasteiger partial charge >= 0.3 is 5.97 Å². The number of rotatable bonds is 8. The summed E-state index contributed by atoms with van der Waals surface area (Å²) in [5.41, 5.74) is 4.69. The van der Waals surface area contributed by atoms with E-state index < -0.39 is 5.97 Å². The van der Waals surface area contributed by atoms with Crippen molar-refractivity contribution >= 4 is 28.5 Å². The maximum absolute atomic E-state index is 12.2. The van der Waals surface area contributed by atoms with Gasteiger partial charge in [-0.1, -0.05) is 42.5 Å². The molecule has 2 N–H and O–H groups in total. The molecular formula is C27H26N2O5. The number of aromatic hydroxyl groups is 1. The number of hydrogen-bond donors (Lipinski definition) is 2. The molecule has 1 heterocycles. The Labute approximate surface area is 197 Å².